The lowest BCUT2D eigenvalue weighted by Crippen LogP contribution is -2.78. The highest BCUT2D eigenvalue weighted by atomic mass is 16.7. The van der Waals surface area contributed by atoms with Crippen molar-refractivity contribution < 1.29 is 63.7 Å². The Bertz CT molecular complexity index is 2470. The van der Waals surface area contributed by atoms with Crippen molar-refractivity contribution in [3.05, 3.63) is 100 Å². The number of nitrogens with two attached hydrogens (primary N) is 1. The fourth-order valence-electron chi connectivity index (χ4n) is 8.97. The fourth-order valence-corrected chi connectivity index (χ4v) is 8.97. The van der Waals surface area contributed by atoms with Crippen LogP contribution in [0.15, 0.2) is 81.9 Å². The molecule has 0 radical (unpaired) electrons. The van der Waals surface area contributed by atoms with Gasteiger partial charge in [0.1, 0.15) is 44.0 Å². The summed E-state index contributed by atoms with van der Waals surface area (Å²) in [6.45, 7) is -1.62. The highest BCUT2D eigenvalue weighted by Gasteiger charge is 2.69. The predicted molar refractivity (Wildman–Crippen MR) is 209 cm³/mol. The normalized spacial score (nSPS) is 29.6. The van der Waals surface area contributed by atoms with Crippen molar-refractivity contribution in [2.45, 2.75) is 61.0 Å². The maximum atomic E-state index is 14.6. The zero-order valence-electron chi connectivity index (χ0n) is 31.7. The average Bonchev–Trinajstić information content (AvgIpc) is 3.65. The number of guanidine groups is 1. The van der Waals surface area contributed by atoms with Crippen LogP contribution in [-0.2, 0) is 19.1 Å². The third-order valence-electron chi connectivity index (χ3n) is 12.1. The lowest BCUT2D eigenvalue weighted by molar-refractivity contribution is -0.381. The van der Waals surface area contributed by atoms with Gasteiger partial charge < -0.3 is 59.9 Å². The Morgan fingerprint density at radius 1 is 1.02 bits per heavy atom. The van der Waals surface area contributed by atoms with Crippen LogP contribution in [-0.4, -0.2) is 129 Å². The number of aliphatic imine (C=N–C) groups is 3. The third kappa shape index (κ3) is 5.97. The van der Waals surface area contributed by atoms with E-state index in [1.807, 2.05) is 0 Å². The molecule has 0 aromatic heterocycles. The molecule has 0 spiro atoms. The molecule has 4 bridgehead atoms. The second-order valence-corrected chi connectivity index (χ2v) is 15.4. The van der Waals surface area contributed by atoms with Gasteiger partial charge in [-0.15, -0.1) is 0 Å². The van der Waals surface area contributed by atoms with Gasteiger partial charge in [0, 0.05) is 52.8 Å². The molecule has 18 nitrogen and oxygen atoms in total. The van der Waals surface area contributed by atoms with Crippen LogP contribution in [0.4, 0.5) is 5.69 Å². The molecule has 2 fully saturated rings. The van der Waals surface area contributed by atoms with Crippen LogP contribution in [0.1, 0.15) is 68.2 Å². The molecule has 1 saturated heterocycles. The molecule has 3 aromatic carbocycles. The zero-order chi connectivity index (χ0) is 42.1. The van der Waals surface area contributed by atoms with Crippen molar-refractivity contribution >= 4 is 47.0 Å². The third-order valence-corrected chi connectivity index (χ3v) is 12.1. The van der Waals surface area contributed by atoms with E-state index < -0.39 is 78.3 Å². The highest BCUT2D eigenvalue weighted by molar-refractivity contribution is 6.72. The minimum Gasteiger partial charge on any atom is -0.499 e. The van der Waals surface area contributed by atoms with Crippen LogP contribution in [0, 0.1) is 5.92 Å². The maximum Gasteiger partial charge on any atom is 0.302 e. The predicted octanol–water partition coefficient (Wildman–Crippen LogP) is 0.267. The second kappa shape index (κ2) is 14.8. The van der Waals surface area contributed by atoms with E-state index in [0.29, 0.717) is 17.5 Å². The number of aliphatic hydroxyl groups excluding tert-OH is 3. The monoisotopic (exact) mass is 821 g/mol. The Balaban J connectivity index is 1.31. The SMILES string of the molecule is NC1=NC(=O)C2=NCN(c3ccccc3C3C=COCC4OC(Oc5c3cc3c(c5OCC(O)CC=O)C(=O)c5ccccc5C3=O)C3(O)C(CO)CCC4(O)C3O)C2=N1. The molecule has 1 saturated carbocycles. The van der Waals surface area contributed by atoms with Gasteiger partial charge in [-0.1, -0.05) is 42.5 Å². The van der Waals surface area contributed by atoms with Gasteiger partial charge in [-0.25, -0.2) is 0 Å². The number of amides is 1. The Kier molecular flexibility index (Phi) is 9.72. The molecule has 8 atom stereocenters. The summed E-state index contributed by atoms with van der Waals surface area (Å²) >= 11 is 0. The number of benzene rings is 3. The van der Waals surface area contributed by atoms with Crippen molar-refractivity contribution in [3.8, 4) is 11.5 Å². The van der Waals surface area contributed by atoms with Crippen LogP contribution >= 0.6 is 0 Å². The molecule has 7 N–H and O–H groups in total. The number of hydrogen-bond donors (Lipinski definition) is 6. The largest absolute Gasteiger partial charge is 0.499 e. The average molecular weight is 822 g/mol. The van der Waals surface area contributed by atoms with Gasteiger partial charge in [0.2, 0.25) is 12.2 Å². The Hall–Kier alpha value is -6.15. The lowest BCUT2D eigenvalue weighted by atomic mass is 9.62. The number of rotatable bonds is 8. The summed E-state index contributed by atoms with van der Waals surface area (Å²) in [6.07, 6.45) is -3.48. The van der Waals surface area contributed by atoms with Crippen LogP contribution in [0.5, 0.6) is 11.5 Å². The molecule has 4 heterocycles. The number of para-hydroxylation sites is 1. The molecule has 9 rings (SSSR count). The molecule has 6 aliphatic rings. The number of fused-ring (bicyclic) bond motifs is 10. The Morgan fingerprint density at radius 3 is 2.53 bits per heavy atom. The molecular weight excluding hydrogens is 782 g/mol. The van der Waals surface area contributed by atoms with Gasteiger partial charge in [0.15, 0.2) is 40.2 Å². The molecule has 310 valence electrons. The van der Waals surface area contributed by atoms with E-state index in [2.05, 4.69) is 15.0 Å². The molecule has 1 amide bonds. The van der Waals surface area contributed by atoms with Gasteiger partial charge in [-0.05, 0) is 36.6 Å². The molecule has 3 aromatic rings. The first-order valence-corrected chi connectivity index (χ1v) is 19.3. The molecule has 4 aliphatic heterocycles. The summed E-state index contributed by atoms with van der Waals surface area (Å²) in [5.41, 5.74) is 2.23. The van der Waals surface area contributed by atoms with E-state index in [0.717, 1.165) is 0 Å². The zero-order valence-corrected chi connectivity index (χ0v) is 31.7. The van der Waals surface area contributed by atoms with E-state index >= 15 is 0 Å². The topological polar surface area (TPSA) is 273 Å². The van der Waals surface area contributed by atoms with Crippen molar-refractivity contribution in [3.63, 3.8) is 0 Å². The lowest BCUT2D eigenvalue weighted by Gasteiger charge is -2.59. The number of ketones is 2. The first-order chi connectivity index (χ1) is 28.9. The number of nitrogens with zero attached hydrogens (tertiary/aromatic N) is 4. The summed E-state index contributed by atoms with van der Waals surface area (Å²) in [5, 5.41) is 57.4. The molecule has 8 unspecified atom stereocenters. The van der Waals surface area contributed by atoms with Crippen molar-refractivity contribution in [2.24, 2.45) is 26.6 Å². The number of aldehydes is 1. The number of carbonyl (C=O) groups is 4. The van der Waals surface area contributed by atoms with Crippen LogP contribution in [0.2, 0.25) is 0 Å². The first-order valence-electron chi connectivity index (χ1n) is 19.3. The standard InChI is InChI=1S/C42H39N5O13/c43-40-45-36-31(37(53)46-40)44-19-47(36)28-8-4-3-5-23(28)22-11-14-57-18-29-41(55)12-9-20(16-49)42(56,38(41)54)39(59-29)60-34-26(22)15-27-30(35(34)58-17-21(50)10-13-48)33(52)25-7-2-1-6-24(25)32(27)51/h1-8,11,13-15,20-22,29,38-39,49-50,54-56H,9-10,12,16-19H2,(H2,43,46,53). The Labute approximate surface area is 340 Å². The van der Waals surface area contributed by atoms with Crippen LogP contribution in [0.25, 0.3) is 0 Å². The maximum absolute atomic E-state index is 14.6. The van der Waals surface area contributed by atoms with E-state index in [4.69, 9.17) is 24.7 Å². The summed E-state index contributed by atoms with van der Waals surface area (Å²) in [5.74, 6) is -4.74. The van der Waals surface area contributed by atoms with E-state index in [-0.39, 0.29) is 89.4 Å². The van der Waals surface area contributed by atoms with E-state index in [1.165, 1.54) is 24.5 Å². The van der Waals surface area contributed by atoms with Crippen LogP contribution < -0.4 is 20.1 Å². The van der Waals surface area contributed by atoms with E-state index in [1.54, 1.807) is 47.4 Å². The summed E-state index contributed by atoms with van der Waals surface area (Å²) in [6, 6.07) is 14.6. The van der Waals surface area contributed by atoms with Gasteiger partial charge in [0.05, 0.1) is 17.9 Å². The number of hydrogen-bond acceptors (Lipinski definition) is 17. The first kappa shape index (κ1) is 39.3. The van der Waals surface area contributed by atoms with Gasteiger partial charge in [-0.3, -0.25) is 19.4 Å². The van der Waals surface area contributed by atoms with Crippen molar-refractivity contribution in [1.29, 1.82) is 0 Å². The molecule has 60 heavy (non-hydrogen) atoms. The summed E-state index contributed by atoms with van der Waals surface area (Å²) < 4.78 is 25.3. The number of carbonyl (C=O) groups excluding carboxylic acids is 4. The van der Waals surface area contributed by atoms with E-state index in [9.17, 15) is 44.7 Å². The van der Waals surface area contributed by atoms with Crippen molar-refractivity contribution in [1.82, 2.24) is 0 Å². The van der Waals surface area contributed by atoms with Gasteiger partial charge in [0.25, 0.3) is 0 Å². The summed E-state index contributed by atoms with van der Waals surface area (Å²) in [4.78, 5) is 67.3. The molecule has 2 aliphatic carbocycles. The minimum atomic E-state index is -2.47. The second-order valence-electron chi connectivity index (χ2n) is 15.4. The number of ether oxygens (including phenoxy) is 4. The van der Waals surface area contributed by atoms with Gasteiger partial charge in [-0.2, -0.15) is 9.98 Å². The number of aliphatic hydroxyl groups is 5. The smallest absolute Gasteiger partial charge is 0.302 e. The van der Waals surface area contributed by atoms with Gasteiger partial charge >= 0.3 is 5.91 Å². The van der Waals surface area contributed by atoms with Crippen molar-refractivity contribution in [2.75, 3.05) is 31.4 Å². The minimum absolute atomic E-state index is 0.0100. The molecule has 18 heteroatoms. The summed E-state index contributed by atoms with van der Waals surface area (Å²) in [7, 11) is 0. The number of anilines is 1. The number of amidine groups is 1. The Morgan fingerprint density at radius 2 is 1.77 bits per heavy atom. The highest BCUT2D eigenvalue weighted by Crippen LogP contribution is 2.53. The fraction of sp³-hybridized carbons (Fsp3) is 0.357. The number of allylic oxidation sites excluding steroid dienone is 1. The molecular formula is C42H39N5O13. The van der Waals surface area contributed by atoms with Crippen LogP contribution in [0.3, 0.4) is 0 Å². The quantitative estimate of drug-likeness (QED) is 0.130.